The number of nitrogens with one attached hydrogen (secondary N) is 1. The highest BCUT2D eigenvalue weighted by atomic mass is 32.2. The van der Waals surface area contributed by atoms with Crippen LogP contribution in [0.25, 0.3) is 0 Å². The van der Waals surface area contributed by atoms with Gasteiger partial charge in [0.05, 0.1) is 27.3 Å². The van der Waals surface area contributed by atoms with Crippen LogP contribution in [0.2, 0.25) is 0 Å². The first kappa shape index (κ1) is 37.3. The van der Waals surface area contributed by atoms with Crippen LogP contribution in [-0.4, -0.2) is 90.4 Å². The molecule has 0 saturated carbocycles. The summed E-state index contributed by atoms with van der Waals surface area (Å²) in [6.07, 6.45) is -6.58. The molecule has 3 heterocycles. The largest absolute Gasteiger partial charge is 0.416 e. The maximum absolute atomic E-state index is 13.5. The molecule has 0 bridgehead atoms. The van der Waals surface area contributed by atoms with Gasteiger partial charge in [-0.05, 0) is 79.6 Å². The predicted octanol–water partition coefficient (Wildman–Crippen LogP) is 6.18. The summed E-state index contributed by atoms with van der Waals surface area (Å²) in [6.45, 7) is 8.38. The van der Waals surface area contributed by atoms with Crippen molar-refractivity contribution in [2.75, 3.05) is 85.9 Å². The number of sulfone groups is 1. The first-order valence-corrected chi connectivity index (χ1v) is 18.3. The van der Waals surface area contributed by atoms with Gasteiger partial charge >= 0.3 is 12.4 Å². The van der Waals surface area contributed by atoms with E-state index in [1.54, 1.807) is 24.0 Å². The van der Waals surface area contributed by atoms with Crippen LogP contribution in [0.15, 0.2) is 71.6 Å². The van der Waals surface area contributed by atoms with Crippen molar-refractivity contribution >= 4 is 32.8 Å². The van der Waals surface area contributed by atoms with Crippen LogP contribution in [0.5, 0.6) is 0 Å². The van der Waals surface area contributed by atoms with Crippen molar-refractivity contribution < 1.29 is 39.6 Å². The van der Waals surface area contributed by atoms with Crippen LogP contribution >= 0.6 is 0 Å². The molecule has 1 amide bonds. The zero-order valence-electron chi connectivity index (χ0n) is 27.7. The Labute approximate surface area is 288 Å². The van der Waals surface area contributed by atoms with Crippen LogP contribution < -0.4 is 20.0 Å². The lowest BCUT2D eigenvalue weighted by Crippen LogP contribution is -2.49. The van der Waals surface area contributed by atoms with Gasteiger partial charge in [-0.1, -0.05) is 6.92 Å². The number of halogens is 6. The van der Waals surface area contributed by atoms with Crippen LogP contribution in [0.4, 0.5) is 43.4 Å². The molecule has 50 heavy (non-hydrogen) atoms. The zero-order valence-corrected chi connectivity index (χ0v) is 28.5. The molecule has 3 saturated heterocycles. The second-order valence-electron chi connectivity index (χ2n) is 12.4. The molecule has 272 valence electrons. The van der Waals surface area contributed by atoms with Crippen molar-refractivity contribution in [3.63, 3.8) is 0 Å². The van der Waals surface area contributed by atoms with Gasteiger partial charge in [-0.2, -0.15) is 26.3 Å². The standard InChI is InChI=1S/C24H28F3N3O3S.C11H13F3N2/c1-2-34(32,33)20-9-10-22(29-11-3-4-12-29)21(17-20)23(31)30-15-13-28(14-16-30)19-7-5-18(6-8-19)24(25,26)27;12-11(13,14)9-1-3-10(4-2-9)16-7-5-15-6-8-16/h5-10,17H,2-4,11-16H2,1H3;1-4,15H,5-8H2. The predicted molar refractivity (Wildman–Crippen MR) is 182 cm³/mol. The molecule has 3 fully saturated rings. The number of nitrogens with zero attached hydrogens (tertiary/aromatic N) is 4. The van der Waals surface area contributed by atoms with Crippen LogP contribution in [-0.2, 0) is 22.2 Å². The molecular formula is C35H41F6N5O3S. The Kier molecular flexibility index (Phi) is 11.6. The summed E-state index contributed by atoms with van der Waals surface area (Å²) >= 11 is 0. The number of carbonyl (C=O) groups is 1. The van der Waals surface area contributed by atoms with Crippen molar-refractivity contribution in [2.24, 2.45) is 0 Å². The third-order valence-electron chi connectivity index (χ3n) is 9.19. The van der Waals surface area contributed by atoms with E-state index in [2.05, 4.69) is 15.1 Å². The number of carbonyl (C=O) groups excluding carboxylic acids is 1. The van der Waals surface area contributed by atoms with E-state index < -0.39 is 33.3 Å². The third-order valence-corrected chi connectivity index (χ3v) is 10.9. The highest BCUT2D eigenvalue weighted by Gasteiger charge is 2.32. The normalized spacial score (nSPS) is 17.4. The average molecular weight is 726 g/mol. The molecule has 15 heteroatoms. The van der Waals surface area contributed by atoms with Crippen molar-refractivity contribution in [3.8, 4) is 0 Å². The second-order valence-corrected chi connectivity index (χ2v) is 14.7. The van der Waals surface area contributed by atoms with Gasteiger partial charge in [-0.3, -0.25) is 4.79 Å². The highest BCUT2D eigenvalue weighted by molar-refractivity contribution is 7.91. The van der Waals surface area contributed by atoms with Gasteiger partial charge in [0.1, 0.15) is 0 Å². The minimum Gasteiger partial charge on any atom is -0.371 e. The monoisotopic (exact) mass is 725 g/mol. The Morgan fingerprint density at radius 2 is 1.14 bits per heavy atom. The molecule has 0 spiro atoms. The third kappa shape index (κ3) is 9.02. The van der Waals surface area contributed by atoms with Gasteiger partial charge in [0, 0.05) is 82.5 Å². The molecule has 0 aliphatic carbocycles. The molecule has 0 radical (unpaired) electrons. The molecule has 8 nitrogen and oxygen atoms in total. The van der Waals surface area contributed by atoms with E-state index >= 15 is 0 Å². The van der Waals surface area contributed by atoms with Crippen molar-refractivity contribution in [2.45, 2.75) is 37.0 Å². The van der Waals surface area contributed by atoms with Gasteiger partial charge in [-0.15, -0.1) is 0 Å². The van der Waals surface area contributed by atoms with E-state index in [0.717, 1.165) is 87.8 Å². The Balaban J connectivity index is 0.000000253. The topological polar surface area (TPSA) is 76.2 Å². The quantitative estimate of drug-likeness (QED) is 0.305. The Morgan fingerprint density at radius 3 is 1.60 bits per heavy atom. The first-order chi connectivity index (χ1) is 23.7. The van der Waals surface area contributed by atoms with Gasteiger partial charge in [0.25, 0.3) is 5.91 Å². The second kappa shape index (κ2) is 15.5. The van der Waals surface area contributed by atoms with Gasteiger partial charge in [-0.25, -0.2) is 8.42 Å². The van der Waals surface area contributed by atoms with E-state index in [1.807, 2.05) is 4.90 Å². The molecule has 6 rings (SSSR count). The van der Waals surface area contributed by atoms with E-state index in [4.69, 9.17) is 0 Å². The number of alkyl halides is 6. The maximum Gasteiger partial charge on any atom is 0.416 e. The lowest BCUT2D eigenvalue weighted by atomic mass is 10.1. The zero-order chi connectivity index (χ0) is 36.1. The van der Waals surface area contributed by atoms with E-state index in [1.165, 1.54) is 30.3 Å². The minimum absolute atomic E-state index is 0.0461. The number of hydrogen-bond donors (Lipinski definition) is 1. The number of rotatable bonds is 6. The van der Waals surface area contributed by atoms with Gasteiger partial charge in [0.15, 0.2) is 9.84 Å². The average Bonchev–Trinajstić information content (AvgIpc) is 3.66. The van der Waals surface area contributed by atoms with Gasteiger partial charge in [0.2, 0.25) is 0 Å². The molecular weight excluding hydrogens is 684 g/mol. The lowest BCUT2D eigenvalue weighted by Gasteiger charge is -2.37. The smallest absolute Gasteiger partial charge is 0.371 e. The van der Waals surface area contributed by atoms with Gasteiger partial charge < -0.3 is 24.9 Å². The van der Waals surface area contributed by atoms with E-state index in [0.29, 0.717) is 37.4 Å². The summed E-state index contributed by atoms with van der Waals surface area (Å²) in [5.74, 6) is -0.266. The maximum atomic E-state index is 13.5. The summed E-state index contributed by atoms with van der Waals surface area (Å²) in [5, 5.41) is 3.20. The fraction of sp³-hybridized carbons (Fsp3) is 0.457. The summed E-state index contributed by atoms with van der Waals surface area (Å²) < 4.78 is 100. The van der Waals surface area contributed by atoms with E-state index in [9.17, 15) is 39.6 Å². The molecule has 3 aromatic rings. The minimum atomic E-state index is -4.38. The van der Waals surface area contributed by atoms with E-state index in [-0.39, 0.29) is 16.6 Å². The van der Waals surface area contributed by atoms with Crippen LogP contribution in [0.1, 0.15) is 41.3 Å². The number of anilines is 3. The highest BCUT2D eigenvalue weighted by Crippen LogP contribution is 2.33. The molecule has 1 N–H and O–H groups in total. The SMILES string of the molecule is CCS(=O)(=O)c1ccc(N2CCCC2)c(C(=O)N2CCN(c3ccc(C(F)(F)F)cc3)CC2)c1.FC(F)(F)c1ccc(N2CCNCC2)cc1. The number of piperazine rings is 2. The molecule has 0 aromatic heterocycles. The number of amides is 1. The number of benzene rings is 3. The fourth-order valence-corrected chi connectivity index (χ4v) is 7.17. The summed E-state index contributed by atoms with van der Waals surface area (Å²) in [5.41, 5.74) is 1.39. The molecule has 0 atom stereocenters. The molecule has 3 aliphatic rings. The van der Waals surface area contributed by atoms with Crippen molar-refractivity contribution in [3.05, 3.63) is 83.4 Å². The Hall–Kier alpha value is -3.98. The number of hydrogen-bond acceptors (Lipinski definition) is 7. The Bertz CT molecular complexity index is 1700. The molecule has 3 aromatic carbocycles. The summed E-state index contributed by atoms with van der Waals surface area (Å²) in [7, 11) is -3.46. The lowest BCUT2D eigenvalue weighted by molar-refractivity contribution is -0.138. The fourth-order valence-electron chi connectivity index (χ4n) is 6.26. The first-order valence-electron chi connectivity index (χ1n) is 16.6. The van der Waals surface area contributed by atoms with Crippen LogP contribution in [0, 0.1) is 0 Å². The van der Waals surface area contributed by atoms with Crippen molar-refractivity contribution in [1.82, 2.24) is 10.2 Å². The Morgan fingerprint density at radius 1 is 0.660 bits per heavy atom. The molecule has 0 unspecified atom stereocenters. The van der Waals surface area contributed by atoms with Crippen LogP contribution in [0.3, 0.4) is 0 Å². The summed E-state index contributed by atoms with van der Waals surface area (Å²) in [4.78, 5) is 21.5. The molecule has 3 aliphatic heterocycles. The van der Waals surface area contributed by atoms with Crippen molar-refractivity contribution in [1.29, 1.82) is 0 Å². The summed E-state index contributed by atoms with van der Waals surface area (Å²) in [6, 6.07) is 15.2.